The van der Waals surface area contributed by atoms with Gasteiger partial charge in [-0.05, 0) is 17.7 Å². The molecule has 0 saturated carbocycles. The molecule has 0 unspecified atom stereocenters. The van der Waals surface area contributed by atoms with Crippen molar-refractivity contribution in [1.82, 2.24) is 14.4 Å². The molecule has 0 spiro atoms. The van der Waals surface area contributed by atoms with Crippen molar-refractivity contribution >= 4 is 23.0 Å². The zero-order chi connectivity index (χ0) is 18.0. The highest BCUT2D eigenvalue weighted by atomic mass is 35.5. The minimum atomic E-state index is -4.33. The van der Waals surface area contributed by atoms with Crippen molar-refractivity contribution in [1.29, 1.82) is 0 Å². The van der Waals surface area contributed by atoms with Crippen LogP contribution < -0.4 is 0 Å². The molecule has 0 aromatic carbocycles. The maximum Gasteiger partial charge on any atom is 0.389 e. The highest BCUT2D eigenvalue weighted by Gasteiger charge is 2.27. The largest absolute Gasteiger partial charge is 0.389 e. The maximum absolute atomic E-state index is 12.2. The summed E-state index contributed by atoms with van der Waals surface area (Å²) in [4.78, 5) is 20.1. The lowest BCUT2D eigenvalue weighted by atomic mass is 10.0. The summed E-state index contributed by atoms with van der Waals surface area (Å²) in [6.07, 6.45) is 0.470. The molecule has 3 aromatic heterocycles. The van der Waals surface area contributed by atoms with Crippen molar-refractivity contribution in [3.63, 3.8) is 0 Å². The Morgan fingerprint density at radius 1 is 1.20 bits per heavy atom. The Bertz CT molecular complexity index is 921. The van der Waals surface area contributed by atoms with E-state index in [1.165, 1.54) is 6.20 Å². The van der Waals surface area contributed by atoms with Gasteiger partial charge in [-0.25, -0.2) is 4.98 Å². The van der Waals surface area contributed by atoms with E-state index in [1.54, 1.807) is 36.8 Å². The molecule has 0 bridgehead atoms. The van der Waals surface area contributed by atoms with Crippen molar-refractivity contribution in [2.45, 2.75) is 25.4 Å². The lowest BCUT2D eigenvalue weighted by Gasteiger charge is -2.07. The van der Waals surface area contributed by atoms with Crippen LogP contribution in [0.25, 0.3) is 16.9 Å². The summed E-state index contributed by atoms with van der Waals surface area (Å²) in [5.74, 6) is -0.471. The molecular weight excluding hydrogens is 355 g/mol. The summed E-state index contributed by atoms with van der Waals surface area (Å²) in [6, 6.07) is 5.16. The Morgan fingerprint density at radius 3 is 2.76 bits per heavy atom. The molecule has 0 radical (unpaired) electrons. The first-order valence-electron chi connectivity index (χ1n) is 7.47. The van der Waals surface area contributed by atoms with Crippen molar-refractivity contribution in [2.75, 3.05) is 0 Å². The van der Waals surface area contributed by atoms with Gasteiger partial charge in [-0.15, -0.1) is 0 Å². The highest BCUT2D eigenvalue weighted by molar-refractivity contribution is 6.30. The summed E-state index contributed by atoms with van der Waals surface area (Å²) in [6.45, 7) is 0. The topological polar surface area (TPSA) is 47.3 Å². The number of carbonyl (C=O) groups excluding carboxylic acids is 1. The van der Waals surface area contributed by atoms with Crippen LogP contribution in [0.5, 0.6) is 0 Å². The molecule has 0 amide bonds. The molecule has 0 saturated heterocycles. The minimum Gasteiger partial charge on any atom is -0.300 e. The van der Waals surface area contributed by atoms with Gasteiger partial charge in [0.1, 0.15) is 11.4 Å². The number of hydrogen-bond acceptors (Lipinski definition) is 3. The fourth-order valence-corrected chi connectivity index (χ4v) is 2.64. The van der Waals surface area contributed by atoms with E-state index in [9.17, 15) is 18.0 Å². The number of imidazole rings is 1. The van der Waals surface area contributed by atoms with Gasteiger partial charge in [0, 0.05) is 48.1 Å². The first-order chi connectivity index (χ1) is 11.8. The van der Waals surface area contributed by atoms with E-state index in [1.807, 2.05) is 4.40 Å². The number of aromatic nitrogens is 3. The van der Waals surface area contributed by atoms with Gasteiger partial charge in [-0.3, -0.25) is 14.2 Å². The Kier molecular flexibility index (Phi) is 4.76. The molecule has 4 nitrogen and oxygen atoms in total. The molecule has 0 atom stereocenters. The van der Waals surface area contributed by atoms with Crippen LogP contribution in [-0.2, 0) is 11.2 Å². The molecule has 0 fully saturated rings. The van der Waals surface area contributed by atoms with Crippen molar-refractivity contribution < 1.29 is 18.0 Å². The second-order valence-corrected chi connectivity index (χ2v) is 6.07. The smallest absolute Gasteiger partial charge is 0.300 e. The zero-order valence-electron chi connectivity index (χ0n) is 12.9. The number of rotatable bonds is 5. The number of pyridine rings is 2. The van der Waals surface area contributed by atoms with E-state index >= 15 is 0 Å². The van der Waals surface area contributed by atoms with Crippen LogP contribution in [0, 0.1) is 0 Å². The third kappa shape index (κ3) is 4.36. The number of carbonyl (C=O) groups is 1. The molecule has 130 valence electrons. The molecule has 8 heteroatoms. The van der Waals surface area contributed by atoms with E-state index < -0.39 is 24.8 Å². The lowest BCUT2D eigenvalue weighted by Crippen LogP contribution is -2.12. The first-order valence-corrected chi connectivity index (χ1v) is 7.85. The molecule has 0 aliphatic rings. The van der Waals surface area contributed by atoms with Crippen LogP contribution in [0.4, 0.5) is 13.2 Å². The summed E-state index contributed by atoms with van der Waals surface area (Å²) in [5.41, 5.74) is 2.70. The Labute approximate surface area is 146 Å². The zero-order valence-corrected chi connectivity index (χ0v) is 13.7. The molecule has 3 aromatic rings. The third-order valence-electron chi connectivity index (χ3n) is 3.65. The van der Waals surface area contributed by atoms with E-state index in [2.05, 4.69) is 9.97 Å². The van der Waals surface area contributed by atoms with Gasteiger partial charge < -0.3 is 0 Å². The predicted molar refractivity (Wildman–Crippen MR) is 87.4 cm³/mol. The normalized spacial score (nSPS) is 11.8. The number of alkyl halides is 3. The van der Waals surface area contributed by atoms with Gasteiger partial charge >= 0.3 is 6.18 Å². The number of halogens is 4. The predicted octanol–water partition coefficient (Wildman–Crippen LogP) is 4.50. The number of hydrogen-bond donors (Lipinski definition) is 0. The molecule has 0 N–H and O–H groups in total. The van der Waals surface area contributed by atoms with E-state index in [4.69, 9.17) is 11.6 Å². The number of ketones is 1. The van der Waals surface area contributed by atoms with Gasteiger partial charge in [0.2, 0.25) is 0 Å². The number of nitrogens with zero attached hydrogens (tertiary/aromatic N) is 3. The van der Waals surface area contributed by atoms with Crippen LogP contribution in [0.2, 0.25) is 5.02 Å². The summed E-state index contributed by atoms with van der Waals surface area (Å²) < 4.78 is 38.4. The van der Waals surface area contributed by atoms with E-state index in [-0.39, 0.29) is 6.42 Å². The summed E-state index contributed by atoms with van der Waals surface area (Å²) in [7, 11) is 0. The Morgan fingerprint density at radius 2 is 2.00 bits per heavy atom. The SMILES string of the molecule is O=C(CCC(F)(F)F)Cc1cncc(-c2cnc3cc(Cl)ccn23)c1. The molecule has 3 rings (SSSR count). The monoisotopic (exact) mass is 367 g/mol. The number of Topliss-reactive ketones (excluding diaryl/α,β-unsaturated/α-hetero) is 1. The van der Waals surface area contributed by atoms with E-state index in [0.717, 1.165) is 11.3 Å². The van der Waals surface area contributed by atoms with Gasteiger partial charge in [0.05, 0.1) is 18.3 Å². The maximum atomic E-state index is 12.2. The molecule has 3 heterocycles. The Balaban J connectivity index is 1.80. The lowest BCUT2D eigenvalue weighted by molar-refractivity contribution is -0.143. The quantitative estimate of drug-likeness (QED) is 0.667. The number of fused-ring (bicyclic) bond motifs is 1. The Hall–Kier alpha value is -2.41. The van der Waals surface area contributed by atoms with Gasteiger partial charge in [-0.1, -0.05) is 11.6 Å². The fourth-order valence-electron chi connectivity index (χ4n) is 2.49. The standard InChI is InChI=1S/C17H13ClF3N3O/c18-13-2-4-24-15(10-23-16(24)7-13)12-5-11(8-22-9-12)6-14(25)1-3-17(19,20)21/h2,4-5,7-10H,1,3,6H2. The third-order valence-corrected chi connectivity index (χ3v) is 3.89. The van der Waals surface area contributed by atoms with Gasteiger partial charge in [-0.2, -0.15) is 13.2 Å². The molecule has 0 aliphatic carbocycles. The van der Waals surface area contributed by atoms with Crippen molar-refractivity contribution in [3.05, 3.63) is 53.6 Å². The van der Waals surface area contributed by atoms with Crippen LogP contribution in [0.1, 0.15) is 18.4 Å². The van der Waals surface area contributed by atoms with Gasteiger partial charge in [0.25, 0.3) is 0 Å². The van der Waals surface area contributed by atoms with Crippen LogP contribution in [0.15, 0.2) is 43.0 Å². The average molecular weight is 368 g/mol. The fraction of sp³-hybridized carbons (Fsp3) is 0.235. The van der Waals surface area contributed by atoms with Crippen molar-refractivity contribution in [3.8, 4) is 11.3 Å². The highest BCUT2D eigenvalue weighted by Crippen LogP contribution is 2.24. The van der Waals surface area contributed by atoms with Crippen LogP contribution >= 0.6 is 11.6 Å². The molecular formula is C17H13ClF3N3O. The second kappa shape index (κ2) is 6.84. The van der Waals surface area contributed by atoms with Crippen LogP contribution in [-0.4, -0.2) is 26.3 Å². The summed E-state index contributed by atoms with van der Waals surface area (Å²) >= 11 is 5.93. The van der Waals surface area contributed by atoms with E-state index in [0.29, 0.717) is 16.2 Å². The summed E-state index contributed by atoms with van der Waals surface area (Å²) in [5, 5.41) is 0.562. The average Bonchev–Trinajstić information content (AvgIpc) is 2.95. The van der Waals surface area contributed by atoms with Crippen molar-refractivity contribution in [2.24, 2.45) is 0 Å². The van der Waals surface area contributed by atoms with Crippen LogP contribution in [0.3, 0.4) is 0 Å². The molecule has 25 heavy (non-hydrogen) atoms. The first kappa shape index (κ1) is 17.4. The molecule has 0 aliphatic heterocycles. The van der Waals surface area contributed by atoms with Gasteiger partial charge in [0.15, 0.2) is 0 Å². The second-order valence-electron chi connectivity index (χ2n) is 5.63. The minimum absolute atomic E-state index is 0.0838.